The van der Waals surface area contributed by atoms with Gasteiger partial charge in [0.15, 0.2) is 5.65 Å². The van der Waals surface area contributed by atoms with Gasteiger partial charge >= 0.3 is 0 Å². The molecular weight excluding hydrogens is 378 g/mol. The third-order valence-corrected chi connectivity index (χ3v) is 6.13. The normalized spacial score (nSPS) is 17.6. The molecular formula is C22H27N7O. The maximum absolute atomic E-state index is 12.5. The van der Waals surface area contributed by atoms with E-state index in [0.29, 0.717) is 17.1 Å². The first kappa shape index (κ1) is 19.0. The SMILES string of the molecule is Cc1cc(Nc2ncc3ncc(=O)n(C4CCCC4)c3n2)ccc1N1CCNCC1. The molecule has 1 saturated heterocycles. The maximum atomic E-state index is 12.5. The van der Waals surface area contributed by atoms with Crippen molar-refractivity contribution >= 4 is 28.5 Å². The minimum atomic E-state index is -0.0877. The summed E-state index contributed by atoms with van der Waals surface area (Å²) in [6.07, 6.45) is 7.40. The number of fused-ring (bicyclic) bond motifs is 1. The summed E-state index contributed by atoms with van der Waals surface area (Å²) >= 11 is 0. The second-order valence-corrected chi connectivity index (χ2v) is 8.17. The second kappa shape index (κ2) is 8.02. The quantitative estimate of drug-likeness (QED) is 0.690. The van der Waals surface area contributed by atoms with Crippen LogP contribution in [-0.2, 0) is 0 Å². The molecule has 5 rings (SSSR count). The van der Waals surface area contributed by atoms with Gasteiger partial charge in [-0.1, -0.05) is 12.8 Å². The van der Waals surface area contributed by atoms with Gasteiger partial charge in [-0.25, -0.2) is 9.97 Å². The number of piperazine rings is 1. The highest BCUT2D eigenvalue weighted by atomic mass is 16.1. The average Bonchev–Trinajstić information content (AvgIpc) is 3.29. The van der Waals surface area contributed by atoms with Crippen LogP contribution >= 0.6 is 0 Å². The van der Waals surface area contributed by atoms with Crippen molar-refractivity contribution in [3.8, 4) is 0 Å². The zero-order chi connectivity index (χ0) is 20.5. The highest BCUT2D eigenvalue weighted by molar-refractivity contribution is 5.72. The predicted octanol–water partition coefficient (Wildman–Crippen LogP) is 2.76. The van der Waals surface area contributed by atoms with Crippen molar-refractivity contribution in [3.05, 3.63) is 46.5 Å². The number of aryl methyl sites for hydroxylation is 1. The van der Waals surface area contributed by atoms with Crippen LogP contribution in [-0.4, -0.2) is 45.7 Å². The summed E-state index contributed by atoms with van der Waals surface area (Å²) in [5, 5.41) is 6.70. The lowest BCUT2D eigenvalue weighted by atomic mass is 10.1. The molecule has 3 aromatic rings. The van der Waals surface area contributed by atoms with Crippen molar-refractivity contribution in [2.75, 3.05) is 36.4 Å². The highest BCUT2D eigenvalue weighted by Crippen LogP contribution is 2.30. The van der Waals surface area contributed by atoms with Crippen LogP contribution in [0.25, 0.3) is 11.2 Å². The Morgan fingerprint density at radius 3 is 2.67 bits per heavy atom. The number of nitrogens with one attached hydrogen (secondary N) is 2. The van der Waals surface area contributed by atoms with E-state index in [-0.39, 0.29) is 11.6 Å². The van der Waals surface area contributed by atoms with E-state index < -0.39 is 0 Å². The summed E-state index contributed by atoms with van der Waals surface area (Å²) < 4.78 is 1.81. The van der Waals surface area contributed by atoms with Crippen molar-refractivity contribution in [1.29, 1.82) is 0 Å². The lowest BCUT2D eigenvalue weighted by Crippen LogP contribution is -2.43. The van der Waals surface area contributed by atoms with Gasteiger partial charge in [-0.05, 0) is 43.5 Å². The molecule has 3 heterocycles. The largest absolute Gasteiger partial charge is 0.369 e. The van der Waals surface area contributed by atoms with Gasteiger partial charge in [0.2, 0.25) is 5.95 Å². The van der Waals surface area contributed by atoms with E-state index in [2.05, 4.69) is 55.6 Å². The molecule has 1 aliphatic carbocycles. The topological polar surface area (TPSA) is 88.0 Å². The molecule has 8 heteroatoms. The van der Waals surface area contributed by atoms with Crippen molar-refractivity contribution < 1.29 is 0 Å². The summed E-state index contributed by atoms with van der Waals surface area (Å²) in [6.45, 7) is 6.20. The standard InChI is InChI=1S/C22H27N7O/c1-15-12-16(6-7-19(15)28-10-8-23-9-11-28)26-22-25-13-18-21(27-22)29(20(30)14-24-18)17-4-2-3-5-17/h6-7,12-14,17,23H,2-5,8-11H2,1H3,(H,25,26,27). The van der Waals surface area contributed by atoms with Gasteiger partial charge in [0.25, 0.3) is 5.56 Å². The Morgan fingerprint density at radius 2 is 1.90 bits per heavy atom. The van der Waals surface area contributed by atoms with E-state index in [1.165, 1.54) is 17.4 Å². The number of anilines is 3. The second-order valence-electron chi connectivity index (χ2n) is 8.17. The molecule has 0 atom stereocenters. The van der Waals surface area contributed by atoms with Crippen LogP contribution in [0.3, 0.4) is 0 Å². The van der Waals surface area contributed by atoms with Gasteiger partial charge in [0.1, 0.15) is 5.52 Å². The number of hydrogen-bond acceptors (Lipinski definition) is 7. The molecule has 1 aromatic carbocycles. The summed E-state index contributed by atoms with van der Waals surface area (Å²) in [5.74, 6) is 0.482. The Balaban J connectivity index is 1.44. The van der Waals surface area contributed by atoms with Crippen LogP contribution in [0.1, 0.15) is 37.3 Å². The Bertz CT molecular complexity index is 1110. The zero-order valence-electron chi connectivity index (χ0n) is 17.3. The van der Waals surface area contributed by atoms with Gasteiger partial charge in [0, 0.05) is 43.6 Å². The number of rotatable bonds is 4. The van der Waals surface area contributed by atoms with E-state index in [1.807, 2.05) is 0 Å². The number of hydrogen-bond donors (Lipinski definition) is 2. The molecule has 8 nitrogen and oxygen atoms in total. The first-order valence-corrected chi connectivity index (χ1v) is 10.8. The Kier molecular flexibility index (Phi) is 5.08. The van der Waals surface area contributed by atoms with Gasteiger partial charge in [0.05, 0.1) is 12.4 Å². The Hall–Kier alpha value is -3.00. The summed E-state index contributed by atoms with van der Waals surface area (Å²) in [4.78, 5) is 28.3. The fraction of sp³-hybridized carbons (Fsp3) is 0.455. The van der Waals surface area contributed by atoms with E-state index >= 15 is 0 Å². The molecule has 2 aromatic heterocycles. The van der Waals surface area contributed by atoms with Gasteiger partial charge in [-0.3, -0.25) is 9.36 Å². The molecule has 1 saturated carbocycles. The number of benzene rings is 1. The summed E-state index contributed by atoms with van der Waals surface area (Å²) in [5.41, 5.74) is 4.59. The van der Waals surface area contributed by atoms with Crippen molar-refractivity contribution in [2.45, 2.75) is 38.6 Å². The van der Waals surface area contributed by atoms with Gasteiger partial charge in [-0.15, -0.1) is 0 Å². The first-order valence-electron chi connectivity index (χ1n) is 10.8. The first-order chi connectivity index (χ1) is 14.7. The summed E-state index contributed by atoms with van der Waals surface area (Å²) in [7, 11) is 0. The molecule has 0 bridgehead atoms. The van der Waals surface area contributed by atoms with E-state index in [4.69, 9.17) is 0 Å². The van der Waals surface area contributed by atoms with Crippen LogP contribution < -0.4 is 21.1 Å². The monoisotopic (exact) mass is 405 g/mol. The number of nitrogens with zero attached hydrogens (tertiary/aromatic N) is 5. The van der Waals surface area contributed by atoms with E-state index in [1.54, 1.807) is 10.8 Å². The molecule has 2 N–H and O–H groups in total. The van der Waals surface area contributed by atoms with Crippen molar-refractivity contribution in [2.24, 2.45) is 0 Å². The molecule has 2 aliphatic rings. The Morgan fingerprint density at radius 1 is 1.10 bits per heavy atom. The Labute approximate surface area is 175 Å². The lowest BCUT2D eigenvalue weighted by Gasteiger charge is -2.30. The fourth-order valence-corrected chi connectivity index (χ4v) is 4.62. The van der Waals surface area contributed by atoms with Gasteiger partial charge in [-0.2, -0.15) is 4.98 Å². The molecule has 30 heavy (non-hydrogen) atoms. The smallest absolute Gasteiger partial charge is 0.270 e. The van der Waals surface area contributed by atoms with Crippen LogP contribution in [0.2, 0.25) is 0 Å². The molecule has 156 valence electrons. The molecule has 1 aliphatic heterocycles. The minimum Gasteiger partial charge on any atom is -0.369 e. The third-order valence-electron chi connectivity index (χ3n) is 6.13. The molecule has 0 unspecified atom stereocenters. The highest BCUT2D eigenvalue weighted by Gasteiger charge is 2.21. The van der Waals surface area contributed by atoms with Crippen LogP contribution in [0.4, 0.5) is 17.3 Å². The molecule has 0 amide bonds. The number of aromatic nitrogens is 4. The zero-order valence-corrected chi connectivity index (χ0v) is 17.3. The molecule has 0 spiro atoms. The fourth-order valence-electron chi connectivity index (χ4n) is 4.62. The predicted molar refractivity (Wildman–Crippen MR) is 119 cm³/mol. The lowest BCUT2D eigenvalue weighted by molar-refractivity contribution is 0.514. The molecule has 2 fully saturated rings. The molecule has 0 radical (unpaired) electrons. The van der Waals surface area contributed by atoms with Crippen LogP contribution in [0, 0.1) is 6.92 Å². The average molecular weight is 406 g/mol. The third kappa shape index (κ3) is 3.63. The van der Waals surface area contributed by atoms with Gasteiger partial charge < -0.3 is 15.5 Å². The summed E-state index contributed by atoms with van der Waals surface area (Å²) in [6, 6.07) is 6.54. The van der Waals surface area contributed by atoms with Crippen LogP contribution in [0.15, 0.2) is 35.4 Å². The minimum absolute atomic E-state index is 0.0877. The van der Waals surface area contributed by atoms with E-state index in [9.17, 15) is 4.79 Å². The van der Waals surface area contributed by atoms with Crippen LogP contribution in [0.5, 0.6) is 0 Å². The van der Waals surface area contributed by atoms with E-state index in [0.717, 1.165) is 57.5 Å². The van der Waals surface area contributed by atoms with Crippen molar-refractivity contribution in [1.82, 2.24) is 24.8 Å². The maximum Gasteiger partial charge on any atom is 0.270 e. The van der Waals surface area contributed by atoms with Crippen molar-refractivity contribution in [3.63, 3.8) is 0 Å².